The quantitative estimate of drug-likeness (QED) is 0.920. The smallest absolute Gasteiger partial charge is 0.255 e. The second-order valence-corrected chi connectivity index (χ2v) is 5.05. The molecule has 21 heavy (non-hydrogen) atoms. The first-order valence-corrected chi connectivity index (χ1v) is 6.73. The second kappa shape index (κ2) is 6.46. The van der Waals surface area contributed by atoms with Crippen molar-refractivity contribution in [1.29, 1.82) is 5.26 Å². The number of carbonyl (C=O) groups excluding carboxylic acids is 1. The molecule has 0 fully saturated rings. The zero-order chi connectivity index (χ0) is 15.4. The molecule has 1 N–H and O–H groups in total. The summed E-state index contributed by atoms with van der Waals surface area (Å²) in [6.07, 6.45) is 0. The summed E-state index contributed by atoms with van der Waals surface area (Å²) in [6, 6.07) is 9.94. The maximum absolute atomic E-state index is 13.7. The zero-order valence-corrected chi connectivity index (χ0v) is 12.2. The lowest BCUT2D eigenvalue weighted by atomic mass is 10.1. The molecule has 0 atom stereocenters. The van der Waals surface area contributed by atoms with Crippen LogP contribution in [-0.4, -0.2) is 5.91 Å². The van der Waals surface area contributed by atoms with Gasteiger partial charge in [-0.3, -0.25) is 4.79 Å². The third kappa shape index (κ3) is 3.44. The highest BCUT2D eigenvalue weighted by molar-refractivity contribution is 9.10. The molecule has 2 rings (SSSR count). The van der Waals surface area contributed by atoms with Crippen molar-refractivity contribution in [2.45, 2.75) is 6.54 Å². The minimum absolute atomic E-state index is 0.100. The number of nitrogens with zero attached hydrogens (tertiary/aromatic N) is 1. The first-order chi connectivity index (χ1) is 10.0. The number of hydrogen-bond donors (Lipinski definition) is 1. The van der Waals surface area contributed by atoms with Gasteiger partial charge in [-0.2, -0.15) is 5.26 Å². The van der Waals surface area contributed by atoms with Crippen LogP contribution < -0.4 is 5.32 Å². The predicted molar refractivity (Wildman–Crippen MR) is 76.4 cm³/mol. The number of amides is 1. The molecule has 6 heteroatoms. The Hall–Kier alpha value is -2.26. The van der Waals surface area contributed by atoms with E-state index >= 15 is 0 Å². The molecule has 0 aliphatic heterocycles. The summed E-state index contributed by atoms with van der Waals surface area (Å²) < 4.78 is 27.6. The largest absolute Gasteiger partial charge is 0.348 e. The molecular formula is C15H9BrF2N2O. The van der Waals surface area contributed by atoms with Gasteiger partial charge in [0, 0.05) is 16.6 Å². The lowest BCUT2D eigenvalue weighted by Gasteiger charge is -2.08. The Morgan fingerprint density at radius 2 is 2.00 bits per heavy atom. The fraction of sp³-hybridized carbons (Fsp3) is 0.0667. The van der Waals surface area contributed by atoms with Crippen molar-refractivity contribution in [3.8, 4) is 6.07 Å². The van der Waals surface area contributed by atoms with Crippen molar-refractivity contribution in [2.75, 3.05) is 0 Å². The Kier molecular flexibility index (Phi) is 4.66. The fourth-order valence-corrected chi connectivity index (χ4v) is 2.26. The molecule has 0 aromatic heterocycles. The van der Waals surface area contributed by atoms with E-state index in [1.54, 1.807) is 6.07 Å². The van der Waals surface area contributed by atoms with E-state index in [9.17, 15) is 13.6 Å². The molecule has 0 radical (unpaired) electrons. The van der Waals surface area contributed by atoms with Gasteiger partial charge in [0.05, 0.1) is 17.2 Å². The van der Waals surface area contributed by atoms with E-state index in [1.165, 1.54) is 24.3 Å². The van der Waals surface area contributed by atoms with Crippen molar-refractivity contribution in [2.24, 2.45) is 0 Å². The van der Waals surface area contributed by atoms with E-state index in [0.29, 0.717) is 4.47 Å². The van der Waals surface area contributed by atoms with Crippen LogP contribution in [0.25, 0.3) is 0 Å². The minimum atomic E-state index is -0.665. The number of rotatable bonds is 3. The van der Waals surface area contributed by atoms with E-state index in [-0.39, 0.29) is 23.2 Å². The van der Waals surface area contributed by atoms with Crippen LogP contribution in [0.1, 0.15) is 21.5 Å². The molecule has 106 valence electrons. The third-order valence-corrected chi connectivity index (χ3v) is 3.47. The van der Waals surface area contributed by atoms with E-state index in [4.69, 9.17) is 5.26 Å². The second-order valence-electron chi connectivity index (χ2n) is 4.20. The number of benzene rings is 2. The Labute approximate surface area is 128 Å². The summed E-state index contributed by atoms with van der Waals surface area (Å²) >= 11 is 3.10. The summed E-state index contributed by atoms with van der Waals surface area (Å²) in [7, 11) is 0. The summed E-state index contributed by atoms with van der Waals surface area (Å²) in [6.45, 7) is -0.100. The van der Waals surface area contributed by atoms with Gasteiger partial charge in [-0.25, -0.2) is 8.78 Å². The maximum Gasteiger partial charge on any atom is 0.255 e. The molecule has 2 aromatic carbocycles. The van der Waals surface area contributed by atoms with Crippen LogP contribution in [0.2, 0.25) is 0 Å². The highest BCUT2D eigenvalue weighted by Gasteiger charge is 2.15. The first kappa shape index (κ1) is 15.1. The molecule has 0 saturated heterocycles. The van der Waals surface area contributed by atoms with Crippen LogP contribution in [0.15, 0.2) is 40.9 Å². The first-order valence-electron chi connectivity index (χ1n) is 5.93. The van der Waals surface area contributed by atoms with Crippen molar-refractivity contribution in [3.63, 3.8) is 0 Å². The number of halogens is 3. The van der Waals surface area contributed by atoms with Gasteiger partial charge in [0.15, 0.2) is 0 Å². The molecule has 0 bridgehead atoms. The van der Waals surface area contributed by atoms with Crippen LogP contribution in [0.4, 0.5) is 8.78 Å². The lowest BCUT2D eigenvalue weighted by Crippen LogP contribution is -2.24. The van der Waals surface area contributed by atoms with E-state index in [1.807, 2.05) is 6.07 Å². The van der Waals surface area contributed by atoms with Crippen LogP contribution in [0, 0.1) is 23.0 Å². The molecule has 0 spiro atoms. The molecule has 3 nitrogen and oxygen atoms in total. The molecule has 2 aromatic rings. The van der Waals surface area contributed by atoms with E-state index in [2.05, 4.69) is 21.2 Å². The predicted octanol–water partition coefficient (Wildman–Crippen LogP) is 3.53. The molecular weight excluding hydrogens is 342 g/mol. The third-order valence-electron chi connectivity index (χ3n) is 2.81. The Morgan fingerprint density at radius 3 is 2.62 bits per heavy atom. The number of nitrogens with one attached hydrogen (secondary N) is 1. The normalized spacial score (nSPS) is 10.0. The zero-order valence-electron chi connectivity index (χ0n) is 10.7. The molecule has 1 amide bonds. The van der Waals surface area contributed by atoms with Crippen molar-refractivity contribution < 1.29 is 13.6 Å². The van der Waals surface area contributed by atoms with Crippen molar-refractivity contribution >= 4 is 21.8 Å². The summed E-state index contributed by atoms with van der Waals surface area (Å²) in [5.74, 6) is -1.91. The van der Waals surface area contributed by atoms with Crippen LogP contribution in [0.5, 0.6) is 0 Å². The monoisotopic (exact) mass is 350 g/mol. The fourth-order valence-electron chi connectivity index (χ4n) is 1.74. The molecule has 0 unspecified atom stereocenters. The van der Waals surface area contributed by atoms with Crippen molar-refractivity contribution in [1.82, 2.24) is 5.32 Å². The van der Waals surface area contributed by atoms with Gasteiger partial charge in [-0.15, -0.1) is 0 Å². The van der Waals surface area contributed by atoms with Crippen LogP contribution in [-0.2, 0) is 6.54 Å². The number of carbonyl (C=O) groups is 1. The summed E-state index contributed by atoms with van der Waals surface area (Å²) in [5.41, 5.74) is 0.279. The number of nitriles is 1. The van der Waals surface area contributed by atoms with Gasteiger partial charge in [0.2, 0.25) is 0 Å². The van der Waals surface area contributed by atoms with Gasteiger partial charge >= 0.3 is 0 Å². The lowest BCUT2D eigenvalue weighted by molar-refractivity contribution is 0.0945. The molecule has 0 saturated carbocycles. The van der Waals surface area contributed by atoms with Gasteiger partial charge in [0.1, 0.15) is 11.6 Å². The highest BCUT2D eigenvalue weighted by atomic mass is 79.9. The van der Waals surface area contributed by atoms with Gasteiger partial charge in [-0.1, -0.05) is 12.1 Å². The van der Waals surface area contributed by atoms with Crippen molar-refractivity contribution in [3.05, 3.63) is 69.2 Å². The van der Waals surface area contributed by atoms with Crippen LogP contribution in [0.3, 0.4) is 0 Å². The van der Waals surface area contributed by atoms with E-state index < -0.39 is 17.5 Å². The highest BCUT2D eigenvalue weighted by Crippen LogP contribution is 2.19. The standard InChI is InChI=1S/C15H9BrF2N2O/c16-11-2-1-3-12(17)14(11)15(21)20-8-10-5-4-9(7-19)6-13(10)18/h1-6H,8H2,(H,20,21). The van der Waals surface area contributed by atoms with Gasteiger partial charge < -0.3 is 5.32 Å². The van der Waals surface area contributed by atoms with Gasteiger partial charge in [-0.05, 0) is 40.2 Å². The maximum atomic E-state index is 13.7. The molecule has 0 aliphatic rings. The van der Waals surface area contributed by atoms with Gasteiger partial charge in [0.25, 0.3) is 5.91 Å². The van der Waals surface area contributed by atoms with E-state index in [0.717, 1.165) is 6.07 Å². The Balaban J connectivity index is 2.13. The Morgan fingerprint density at radius 1 is 1.24 bits per heavy atom. The SMILES string of the molecule is N#Cc1ccc(CNC(=O)c2c(F)cccc2Br)c(F)c1. The molecule has 0 aliphatic carbocycles. The minimum Gasteiger partial charge on any atom is -0.348 e. The summed E-state index contributed by atoms with van der Waals surface area (Å²) in [4.78, 5) is 11.9. The molecule has 0 heterocycles. The average Bonchev–Trinajstić information content (AvgIpc) is 2.45. The Bertz CT molecular complexity index is 721. The summed E-state index contributed by atoms with van der Waals surface area (Å²) in [5, 5.41) is 11.1. The van der Waals surface area contributed by atoms with Crippen LogP contribution >= 0.6 is 15.9 Å². The number of hydrogen-bond acceptors (Lipinski definition) is 2. The average molecular weight is 351 g/mol. The topological polar surface area (TPSA) is 52.9 Å².